The summed E-state index contributed by atoms with van der Waals surface area (Å²) in [5, 5.41) is 14.2. The van der Waals surface area contributed by atoms with Gasteiger partial charge in [0.15, 0.2) is 0 Å². The van der Waals surface area contributed by atoms with Crippen molar-refractivity contribution in [3.63, 3.8) is 0 Å². The van der Waals surface area contributed by atoms with Crippen molar-refractivity contribution in [3.05, 3.63) is 42.2 Å². The first-order chi connectivity index (χ1) is 10.7. The Kier molecular flexibility index (Phi) is 3.57. The minimum atomic E-state index is -0.379. The molecule has 1 amide bonds. The van der Waals surface area contributed by atoms with Gasteiger partial charge < -0.3 is 9.15 Å². The Hall–Kier alpha value is -3.16. The van der Waals surface area contributed by atoms with Crippen LogP contribution in [0.1, 0.15) is 10.5 Å². The van der Waals surface area contributed by atoms with Crippen LogP contribution in [0.3, 0.4) is 0 Å². The highest BCUT2D eigenvalue weighted by Gasteiger charge is 2.16. The van der Waals surface area contributed by atoms with Crippen molar-refractivity contribution in [2.45, 2.75) is 0 Å². The molecule has 1 N–H and O–H groups in total. The van der Waals surface area contributed by atoms with E-state index in [0.29, 0.717) is 17.0 Å². The molecule has 0 aliphatic rings. The molecule has 0 atom stereocenters. The number of para-hydroxylation sites is 1. The molecular formula is C14H13N5O3. The fraction of sp³-hybridized carbons (Fsp3) is 0.143. The summed E-state index contributed by atoms with van der Waals surface area (Å²) < 4.78 is 12.1. The van der Waals surface area contributed by atoms with Gasteiger partial charge >= 0.3 is 6.01 Å². The van der Waals surface area contributed by atoms with Crippen LogP contribution < -0.4 is 10.1 Å². The number of aryl methyl sites for hydroxylation is 1. The summed E-state index contributed by atoms with van der Waals surface area (Å²) in [4.78, 5) is 12.0. The molecule has 0 spiro atoms. The van der Waals surface area contributed by atoms with E-state index in [1.54, 1.807) is 32.4 Å². The molecule has 0 unspecified atom stereocenters. The topological polar surface area (TPSA) is 95.1 Å². The van der Waals surface area contributed by atoms with Crippen LogP contribution in [0.15, 0.2) is 40.9 Å². The molecule has 3 rings (SSSR count). The number of hydrogen-bond acceptors (Lipinski definition) is 6. The highest BCUT2D eigenvalue weighted by atomic mass is 16.5. The molecule has 0 aliphatic carbocycles. The fourth-order valence-corrected chi connectivity index (χ4v) is 1.96. The average Bonchev–Trinajstić information content (AvgIpc) is 3.16. The van der Waals surface area contributed by atoms with Crippen molar-refractivity contribution in [2.75, 3.05) is 12.4 Å². The minimum Gasteiger partial charge on any atom is -0.496 e. The molecule has 2 heterocycles. The van der Waals surface area contributed by atoms with Crippen molar-refractivity contribution in [2.24, 2.45) is 7.05 Å². The molecule has 8 heteroatoms. The summed E-state index contributed by atoms with van der Waals surface area (Å²) in [6.07, 6.45) is 1.53. The Bertz CT molecular complexity index is 808. The lowest BCUT2D eigenvalue weighted by molar-refractivity contribution is 0.101. The van der Waals surface area contributed by atoms with E-state index in [1.807, 2.05) is 12.1 Å². The zero-order valence-electron chi connectivity index (χ0n) is 12.0. The van der Waals surface area contributed by atoms with Crippen molar-refractivity contribution in [1.82, 2.24) is 20.0 Å². The van der Waals surface area contributed by atoms with Gasteiger partial charge in [0.1, 0.15) is 11.4 Å². The van der Waals surface area contributed by atoms with Crippen LogP contribution in [0.5, 0.6) is 5.75 Å². The maximum absolute atomic E-state index is 12.0. The molecular weight excluding hydrogens is 286 g/mol. The fourth-order valence-electron chi connectivity index (χ4n) is 1.96. The molecule has 2 aromatic heterocycles. The zero-order chi connectivity index (χ0) is 15.5. The molecule has 1 aromatic carbocycles. The maximum atomic E-state index is 12.0. The Morgan fingerprint density at radius 2 is 2.09 bits per heavy atom. The predicted octanol–water partition coefficient (Wildman–Crippen LogP) is 1.73. The third kappa shape index (κ3) is 2.53. The standard InChI is InChI=1S/C14H13N5O3/c1-19-10(7-8-15-19)12(20)16-14-18-17-13(22-14)9-5-3-4-6-11(9)21-2/h3-8H,1-2H3,(H,16,18,20). The lowest BCUT2D eigenvalue weighted by Crippen LogP contribution is -2.16. The van der Waals surface area contributed by atoms with Crippen LogP contribution in [0.25, 0.3) is 11.5 Å². The van der Waals surface area contributed by atoms with Crippen molar-refractivity contribution in [1.29, 1.82) is 0 Å². The number of rotatable bonds is 4. The van der Waals surface area contributed by atoms with E-state index in [1.165, 1.54) is 10.9 Å². The van der Waals surface area contributed by atoms with Crippen molar-refractivity contribution >= 4 is 11.9 Å². The Balaban J connectivity index is 1.82. The third-order valence-corrected chi connectivity index (χ3v) is 3.04. The number of carbonyl (C=O) groups is 1. The second kappa shape index (κ2) is 5.68. The summed E-state index contributed by atoms with van der Waals surface area (Å²) in [6, 6.07) is 8.84. The Morgan fingerprint density at radius 3 is 2.82 bits per heavy atom. The number of nitrogens with one attached hydrogen (secondary N) is 1. The van der Waals surface area contributed by atoms with Gasteiger partial charge in [-0.15, -0.1) is 5.10 Å². The van der Waals surface area contributed by atoms with Gasteiger partial charge in [0.25, 0.3) is 11.8 Å². The largest absolute Gasteiger partial charge is 0.496 e. The summed E-state index contributed by atoms with van der Waals surface area (Å²) in [6.45, 7) is 0. The number of anilines is 1. The van der Waals surface area contributed by atoms with E-state index in [-0.39, 0.29) is 17.8 Å². The number of hydrogen-bond donors (Lipinski definition) is 1. The number of nitrogens with zero attached hydrogens (tertiary/aromatic N) is 4. The second-order valence-electron chi connectivity index (χ2n) is 4.41. The molecule has 0 bridgehead atoms. The number of benzene rings is 1. The first-order valence-corrected chi connectivity index (χ1v) is 6.45. The monoisotopic (exact) mass is 299 g/mol. The normalized spacial score (nSPS) is 10.5. The molecule has 8 nitrogen and oxygen atoms in total. The van der Waals surface area contributed by atoms with Crippen LogP contribution in [-0.2, 0) is 7.05 Å². The highest BCUT2D eigenvalue weighted by Crippen LogP contribution is 2.29. The van der Waals surface area contributed by atoms with E-state index in [4.69, 9.17) is 9.15 Å². The number of aromatic nitrogens is 4. The van der Waals surface area contributed by atoms with Crippen LogP contribution in [0.4, 0.5) is 6.01 Å². The lowest BCUT2D eigenvalue weighted by Gasteiger charge is -2.03. The van der Waals surface area contributed by atoms with E-state index in [2.05, 4.69) is 20.6 Å². The SMILES string of the molecule is COc1ccccc1-c1nnc(NC(=O)c2ccnn2C)o1. The maximum Gasteiger partial charge on any atom is 0.322 e. The van der Waals surface area contributed by atoms with Gasteiger partial charge in [-0.2, -0.15) is 5.10 Å². The molecule has 0 saturated heterocycles. The van der Waals surface area contributed by atoms with Crippen LogP contribution in [0.2, 0.25) is 0 Å². The Morgan fingerprint density at radius 1 is 1.27 bits per heavy atom. The van der Waals surface area contributed by atoms with Gasteiger partial charge in [0.05, 0.1) is 12.7 Å². The first-order valence-electron chi connectivity index (χ1n) is 6.45. The molecule has 0 radical (unpaired) electrons. The van der Waals surface area contributed by atoms with E-state index in [0.717, 1.165) is 0 Å². The molecule has 0 fully saturated rings. The smallest absolute Gasteiger partial charge is 0.322 e. The third-order valence-electron chi connectivity index (χ3n) is 3.04. The average molecular weight is 299 g/mol. The van der Waals surface area contributed by atoms with Crippen molar-refractivity contribution < 1.29 is 13.9 Å². The number of ether oxygens (including phenoxy) is 1. The lowest BCUT2D eigenvalue weighted by atomic mass is 10.2. The van der Waals surface area contributed by atoms with Gasteiger partial charge in [-0.3, -0.25) is 14.8 Å². The highest BCUT2D eigenvalue weighted by molar-refractivity contribution is 6.01. The van der Waals surface area contributed by atoms with E-state index < -0.39 is 0 Å². The van der Waals surface area contributed by atoms with E-state index in [9.17, 15) is 4.79 Å². The van der Waals surface area contributed by atoms with Gasteiger partial charge in [-0.1, -0.05) is 17.2 Å². The summed E-state index contributed by atoms with van der Waals surface area (Å²) in [5.74, 6) is 0.489. The second-order valence-corrected chi connectivity index (χ2v) is 4.41. The Labute approximate surface area is 125 Å². The molecule has 3 aromatic rings. The van der Waals surface area contributed by atoms with E-state index >= 15 is 0 Å². The molecule has 0 saturated carbocycles. The zero-order valence-corrected chi connectivity index (χ0v) is 12.0. The number of carbonyl (C=O) groups excluding carboxylic acids is 1. The van der Waals surface area contributed by atoms with Gasteiger partial charge in [-0.25, -0.2) is 0 Å². The predicted molar refractivity (Wildman–Crippen MR) is 77.4 cm³/mol. The summed E-state index contributed by atoms with van der Waals surface area (Å²) >= 11 is 0. The summed E-state index contributed by atoms with van der Waals surface area (Å²) in [7, 11) is 3.23. The molecule has 22 heavy (non-hydrogen) atoms. The quantitative estimate of drug-likeness (QED) is 0.788. The first kappa shape index (κ1) is 13.8. The van der Waals surface area contributed by atoms with Gasteiger partial charge in [-0.05, 0) is 18.2 Å². The van der Waals surface area contributed by atoms with Crippen LogP contribution in [-0.4, -0.2) is 33.0 Å². The number of amides is 1. The van der Waals surface area contributed by atoms with Gasteiger partial charge in [0, 0.05) is 13.2 Å². The number of methoxy groups -OCH3 is 1. The molecule has 112 valence electrons. The minimum absolute atomic E-state index is 0.00658. The van der Waals surface area contributed by atoms with Crippen LogP contribution in [0, 0.1) is 0 Å². The van der Waals surface area contributed by atoms with Crippen molar-refractivity contribution in [3.8, 4) is 17.2 Å². The molecule has 0 aliphatic heterocycles. The van der Waals surface area contributed by atoms with Gasteiger partial charge in [0.2, 0.25) is 0 Å². The summed E-state index contributed by atoms with van der Waals surface area (Å²) in [5.41, 5.74) is 1.04. The van der Waals surface area contributed by atoms with Crippen LogP contribution >= 0.6 is 0 Å².